The molecule has 0 saturated carbocycles. The fourth-order valence-corrected chi connectivity index (χ4v) is 7.39. The van der Waals surface area contributed by atoms with Crippen LogP contribution in [-0.4, -0.2) is 6.71 Å². The minimum atomic E-state index is 0.0696. The zero-order valence-corrected chi connectivity index (χ0v) is 27.6. The lowest BCUT2D eigenvalue weighted by molar-refractivity contribution is 0.487. The smallest absolute Gasteiger partial charge is 0.242 e. The lowest BCUT2D eigenvalue weighted by Crippen LogP contribution is -2.52. The molecule has 0 spiro atoms. The van der Waals surface area contributed by atoms with Gasteiger partial charge in [-0.05, 0) is 72.7 Å². The van der Waals surface area contributed by atoms with Crippen LogP contribution < -0.4 is 21.1 Å². The van der Waals surface area contributed by atoms with Gasteiger partial charge in [0.25, 0.3) is 0 Å². The van der Waals surface area contributed by atoms with Crippen LogP contribution in [0.4, 0.5) is 0 Å². The van der Waals surface area contributed by atoms with Gasteiger partial charge in [0, 0.05) is 10.9 Å². The maximum absolute atomic E-state index is 6.48. The number of rotatable bonds is 3. The van der Waals surface area contributed by atoms with E-state index in [1.807, 2.05) is 0 Å². The molecule has 0 unspecified atom stereocenters. The van der Waals surface area contributed by atoms with Crippen LogP contribution in [0, 0.1) is 0 Å². The molecule has 224 valence electrons. The lowest BCUT2D eigenvalue weighted by atomic mass is 9.36. The van der Waals surface area contributed by atoms with E-state index < -0.39 is 0 Å². The van der Waals surface area contributed by atoms with E-state index in [0.29, 0.717) is 0 Å². The van der Waals surface area contributed by atoms with Crippen LogP contribution in [0.1, 0.15) is 52.7 Å². The van der Waals surface area contributed by atoms with Gasteiger partial charge in [0.2, 0.25) is 6.71 Å². The zero-order chi connectivity index (χ0) is 31.8. The third-order valence-corrected chi connectivity index (χ3v) is 9.92. The summed E-state index contributed by atoms with van der Waals surface area (Å²) in [7, 11) is 0. The van der Waals surface area contributed by atoms with Gasteiger partial charge < -0.3 is 4.74 Å². The van der Waals surface area contributed by atoms with Crippen molar-refractivity contribution in [1.82, 2.24) is 0 Å². The van der Waals surface area contributed by atoms with E-state index in [1.165, 1.54) is 65.4 Å². The van der Waals surface area contributed by atoms with Crippen LogP contribution >= 0.6 is 0 Å². The van der Waals surface area contributed by atoms with Crippen molar-refractivity contribution < 1.29 is 4.74 Å². The van der Waals surface area contributed by atoms with Gasteiger partial charge in [-0.1, -0.05) is 167 Å². The standard InChI is InChI=1S/C44H39BO/c1-43(2,3)28-18-22-30(23-19-28)45(31-24-20-29(21-25-31)44(4,5)6)39-27-37-35-15-11-17-41-42(35)38(34-14-9-10-16-40(34)46-41)26-36(37)32-12-7-8-13-33(32)39/h7-27H,1-6H3. The third kappa shape index (κ3) is 4.62. The molecule has 7 aromatic carbocycles. The summed E-state index contributed by atoms with van der Waals surface area (Å²) < 4.78 is 6.48. The van der Waals surface area contributed by atoms with E-state index in [4.69, 9.17) is 4.74 Å². The highest BCUT2D eigenvalue weighted by Gasteiger charge is 2.28. The second-order valence-electron chi connectivity index (χ2n) is 15.0. The van der Waals surface area contributed by atoms with Gasteiger partial charge in [0.1, 0.15) is 11.5 Å². The molecule has 0 radical (unpaired) electrons. The molecule has 46 heavy (non-hydrogen) atoms. The summed E-state index contributed by atoms with van der Waals surface area (Å²) in [5.41, 5.74) is 9.22. The molecule has 0 saturated heterocycles. The van der Waals surface area contributed by atoms with E-state index >= 15 is 0 Å². The largest absolute Gasteiger partial charge is 0.456 e. The fourth-order valence-electron chi connectivity index (χ4n) is 7.39. The lowest BCUT2D eigenvalue weighted by Gasteiger charge is -2.25. The number of ether oxygens (including phenoxy) is 1. The molecule has 0 bridgehead atoms. The highest BCUT2D eigenvalue weighted by Crippen LogP contribution is 2.49. The number of fused-ring (bicyclic) bond motifs is 6. The van der Waals surface area contributed by atoms with Crippen LogP contribution in [0.3, 0.4) is 0 Å². The highest BCUT2D eigenvalue weighted by molar-refractivity contribution is 6.97. The molecule has 0 aromatic heterocycles. The van der Waals surface area contributed by atoms with Crippen LogP contribution in [0.15, 0.2) is 127 Å². The van der Waals surface area contributed by atoms with Crippen molar-refractivity contribution in [3.63, 3.8) is 0 Å². The molecular weight excluding hydrogens is 555 g/mol. The van der Waals surface area contributed by atoms with Crippen LogP contribution in [0.25, 0.3) is 43.4 Å². The fraction of sp³-hybridized carbons (Fsp3) is 0.182. The summed E-state index contributed by atoms with van der Waals surface area (Å²) in [5.74, 6) is 1.84. The van der Waals surface area contributed by atoms with Crippen molar-refractivity contribution in [2.75, 3.05) is 0 Å². The minimum absolute atomic E-state index is 0.0696. The molecular formula is C44H39BO. The average Bonchev–Trinajstić information content (AvgIpc) is 3.05. The van der Waals surface area contributed by atoms with Crippen molar-refractivity contribution >= 4 is 55.4 Å². The summed E-state index contributed by atoms with van der Waals surface area (Å²) in [6.07, 6.45) is 0. The Morgan fingerprint density at radius 3 is 1.59 bits per heavy atom. The normalized spacial score (nSPS) is 12.7. The van der Waals surface area contributed by atoms with E-state index in [2.05, 4.69) is 169 Å². The molecule has 2 heteroatoms. The number of hydrogen-bond donors (Lipinski definition) is 0. The molecule has 0 N–H and O–H groups in total. The zero-order valence-electron chi connectivity index (χ0n) is 27.6. The number of benzene rings is 7. The second kappa shape index (κ2) is 10.4. The van der Waals surface area contributed by atoms with Gasteiger partial charge in [-0.3, -0.25) is 0 Å². The molecule has 1 heterocycles. The number of para-hydroxylation sites is 1. The molecule has 0 atom stereocenters. The maximum atomic E-state index is 6.48. The Balaban J connectivity index is 1.44. The maximum Gasteiger partial charge on any atom is 0.242 e. The Bertz CT molecular complexity index is 2220. The first-order valence-electron chi connectivity index (χ1n) is 16.5. The molecule has 0 amide bonds. The predicted octanol–water partition coefficient (Wildman–Crippen LogP) is 10.0. The van der Waals surface area contributed by atoms with Crippen molar-refractivity contribution in [3.05, 3.63) is 139 Å². The molecule has 8 rings (SSSR count). The molecule has 1 aliphatic rings. The Labute approximate surface area is 272 Å². The van der Waals surface area contributed by atoms with E-state index in [0.717, 1.165) is 17.1 Å². The van der Waals surface area contributed by atoms with Gasteiger partial charge in [-0.15, -0.1) is 0 Å². The van der Waals surface area contributed by atoms with Crippen LogP contribution in [-0.2, 0) is 10.8 Å². The van der Waals surface area contributed by atoms with Gasteiger partial charge in [-0.25, -0.2) is 0 Å². The first-order chi connectivity index (χ1) is 22.1. The van der Waals surface area contributed by atoms with E-state index in [-0.39, 0.29) is 17.5 Å². The summed E-state index contributed by atoms with van der Waals surface area (Å²) in [5, 5.41) is 7.54. The first kappa shape index (κ1) is 28.6. The second-order valence-corrected chi connectivity index (χ2v) is 15.0. The Kier molecular flexibility index (Phi) is 6.45. The Morgan fingerprint density at radius 2 is 0.957 bits per heavy atom. The Hall–Kier alpha value is -4.82. The van der Waals surface area contributed by atoms with Crippen molar-refractivity contribution in [2.24, 2.45) is 0 Å². The van der Waals surface area contributed by atoms with E-state index in [1.54, 1.807) is 0 Å². The molecule has 1 aliphatic heterocycles. The first-order valence-corrected chi connectivity index (χ1v) is 16.5. The molecule has 0 fully saturated rings. The van der Waals surface area contributed by atoms with Crippen molar-refractivity contribution in [2.45, 2.75) is 52.4 Å². The Morgan fingerprint density at radius 1 is 0.435 bits per heavy atom. The topological polar surface area (TPSA) is 9.23 Å². The monoisotopic (exact) mass is 594 g/mol. The van der Waals surface area contributed by atoms with Gasteiger partial charge >= 0.3 is 0 Å². The molecule has 7 aromatic rings. The highest BCUT2D eigenvalue weighted by atomic mass is 16.5. The predicted molar refractivity (Wildman–Crippen MR) is 199 cm³/mol. The van der Waals surface area contributed by atoms with Gasteiger partial charge in [-0.2, -0.15) is 0 Å². The molecule has 1 nitrogen and oxygen atoms in total. The van der Waals surface area contributed by atoms with Crippen LogP contribution in [0.5, 0.6) is 11.5 Å². The average molecular weight is 595 g/mol. The summed E-state index contributed by atoms with van der Waals surface area (Å²) >= 11 is 0. The summed E-state index contributed by atoms with van der Waals surface area (Å²) in [6, 6.07) is 47.5. The quantitative estimate of drug-likeness (QED) is 0.146. The van der Waals surface area contributed by atoms with Crippen molar-refractivity contribution in [1.29, 1.82) is 0 Å². The van der Waals surface area contributed by atoms with Gasteiger partial charge in [0.05, 0.1) is 0 Å². The summed E-state index contributed by atoms with van der Waals surface area (Å²) in [4.78, 5) is 0. The van der Waals surface area contributed by atoms with Gasteiger partial charge in [0.15, 0.2) is 0 Å². The summed E-state index contributed by atoms with van der Waals surface area (Å²) in [6.45, 7) is 13.8. The molecule has 0 aliphatic carbocycles. The third-order valence-electron chi connectivity index (χ3n) is 9.92. The van der Waals surface area contributed by atoms with E-state index in [9.17, 15) is 0 Å². The van der Waals surface area contributed by atoms with Crippen molar-refractivity contribution in [3.8, 4) is 22.6 Å². The SMILES string of the molecule is CC(C)(C)c1ccc(B(c2ccc(C(C)(C)C)cc2)c2cc3c4cccc5c4c(cc3c3ccccc23)-c2ccccc2O5)cc1. The minimum Gasteiger partial charge on any atom is -0.456 e. The number of hydrogen-bond acceptors (Lipinski definition) is 1. The van der Waals surface area contributed by atoms with Crippen LogP contribution in [0.2, 0.25) is 0 Å².